The van der Waals surface area contributed by atoms with Crippen LogP contribution in [0.2, 0.25) is 0 Å². The molecule has 0 aliphatic carbocycles. The van der Waals surface area contributed by atoms with E-state index in [-0.39, 0.29) is 23.0 Å². The second-order valence-corrected chi connectivity index (χ2v) is 8.15. The zero-order valence-corrected chi connectivity index (χ0v) is 19.7. The minimum Gasteiger partial charge on any atom is -0.496 e. The highest BCUT2D eigenvalue weighted by Gasteiger charge is 2.17. The summed E-state index contributed by atoms with van der Waals surface area (Å²) in [6.45, 7) is 3.59. The molecule has 36 heavy (non-hydrogen) atoms. The Morgan fingerprint density at radius 2 is 1.81 bits per heavy atom. The van der Waals surface area contributed by atoms with Crippen LogP contribution in [0.1, 0.15) is 21.5 Å². The fraction of sp³-hybridized carbons (Fsp3) is 0.222. The van der Waals surface area contributed by atoms with Crippen molar-refractivity contribution in [3.63, 3.8) is 0 Å². The zero-order chi connectivity index (χ0) is 25.5. The number of carbonyl (C=O) groups is 1. The molecule has 8 nitrogen and oxygen atoms in total. The van der Waals surface area contributed by atoms with E-state index in [1.807, 2.05) is 6.07 Å². The van der Waals surface area contributed by atoms with Gasteiger partial charge in [0.2, 0.25) is 5.75 Å². The van der Waals surface area contributed by atoms with Gasteiger partial charge in [-0.15, -0.1) is 0 Å². The smallest absolute Gasteiger partial charge is 0.312 e. The lowest BCUT2D eigenvalue weighted by Crippen LogP contribution is -2.35. The molecule has 9 heteroatoms. The normalized spacial score (nSPS) is 14.1. The van der Waals surface area contributed by atoms with Gasteiger partial charge in [0.15, 0.2) is 5.78 Å². The first-order valence-corrected chi connectivity index (χ1v) is 11.3. The van der Waals surface area contributed by atoms with Crippen molar-refractivity contribution in [1.29, 1.82) is 0 Å². The summed E-state index contributed by atoms with van der Waals surface area (Å²) in [4.78, 5) is 26.1. The van der Waals surface area contributed by atoms with Gasteiger partial charge in [0.25, 0.3) is 0 Å². The van der Waals surface area contributed by atoms with E-state index in [1.165, 1.54) is 48.6 Å². The number of nitro benzene ring substituents is 1. The van der Waals surface area contributed by atoms with Crippen molar-refractivity contribution in [3.05, 3.63) is 99.4 Å². The molecule has 3 aromatic carbocycles. The number of morpholine rings is 1. The number of hydrogen-bond acceptors (Lipinski definition) is 7. The number of benzene rings is 3. The first-order chi connectivity index (χ1) is 17.4. The third kappa shape index (κ3) is 6.32. The number of methoxy groups -OCH3 is 1. The predicted octanol–water partition coefficient (Wildman–Crippen LogP) is 5.26. The lowest BCUT2D eigenvalue weighted by atomic mass is 10.0. The Morgan fingerprint density at radius 1 is 1.08 bits per heavy atom. The van der Waals surface area contributed by atoms with Gasteiger partial charge in [-0.25, -0.2) is 4.39 Å². The van der Waals surface area contributed by atoms with Crippen LogP contribution in [-0.2, 0) is 11.3 Å². The molecule has 0 unspecified atom stereocenters. The molecule has 1 fully saturated rings. The number of halogens is 1. The number of allylic oxidation sites excluding steroid dienone is 1. The highest BCUT2D eigenvalue weighted by molar-refractivity contribution is 6.07. The van der Waals surface area contributed by atoms with Gasteiger partial charge < -0.3 is 14.2 Å². The van der Waals surface area contributed by atoms with E-state index in [0.29, 0.717) is 36.6 Å². The minimum absolute atomic E-state index is 0.0120. The number of nitro groups is 1. The Bertz CT molecular complexity index is 1270. The summed E-state index contributed by atoms with van der Waals surface area (Å²) in [7, 11) is 1.59. The molecule has 0 saturated carbocycles. The van der Waals surface area contributed by atoms with Gasteiger partial charge in [0, 0.05) is 36.8 Å². The fourth-order valence-corrected chi connectivity index (χ4v) is 3.82. The van der Waals surface area contributed by atoms with Crippen molar-refractivity contribution in [2.75, 3.05) is 33.4 Å². The van der Waals surface area contributed by atoms with Crippen LogP contribution >= 0.6 is 0 Å². The summed E-state index contributed by atoms with van der Waals surface area (Å²) >= 11 is 0. The van der Waals surface area contributed by atoms with Crippen LogP contribution in [0, 0.1) is 15.9 Å². The zero-order valence-electron chi connectivity index (χ0n) is 19.7. The molecule has 1 saturated heterocycles. The molecule has 0 spiro atoms. The average Bonchev–Trinajstić information content (AvgIpc) is 2.89. The topological polar surface area (TPSA) is 91.1 Å². The van der Waals surface area contributed by atoms with Gasteiger partial charge in [0.1, 0.15) is 17.3 Å². The van der Waals surface area contributed by atoms with Gasteiger partial charge in [-0.2, -0.15) is 0 Å². The third-order valence-electron chi connectivity index (χ3n) is 5.71. The fourth-order valence-electron chi connectivity index (χ4n) is 3.82. The largest absolute Gasteiger partial charge is 0.496 e. The highest BCUT2D eigenvalue weighted by Crippen LogP contribution is 2.32. The number of nitrogens with zero attached hydrogens (tertiary/aromatic N) is 2. The Balaban J connectivity index is 1.51. The summed E-state index contributed by atoms with van der Waals surface area (Å²) in [5.41, 5.74) is 1.58. The van der Waals surface area contributed by atoms with Crippen LogP contribution in [-0.4, -0.2) is 49.0 Å². The number of ketones is 1. The second kappa shape index (κ2) is 11.6. The first kappa shape index (κ1) is 25.0. The Morgan fingerprint density at radius 3 is 2.50 bits per heavy atom. The van der Waals surface area contributed by atoms with Gasteiger partial charge in [-0.05, 0) is 60.2 Å². The van der Waals surface area contributed by atoms with E-state index >= 15 is 0 Å². The predicted molar refractivity (Wildman–Crippen MR) is 132 cm³/mol. The van der Waals surface area contributed by atoms with Crippen LogP contribution in [0.15, 0.2) is 66.7 Å². The molecule has 1 aliphatic rings. The highest BCUT2D eigenvalue weighted by atomic mass is 19.1. The molecule has 0 atom stereocenters. The first-order valence-electron chi connectivity index (χ1n) is 11.3. The summed E-state index contributed by atoms with van der Waals surface area (Å²) < 4.78 is 29.5. The van der Waals surface area contributed by atoms with Crippen LogP contribution in [0.25, 0.3) is 6.08 Å². The molecule has 1 heterocycles. The van der Waals surface area contributed by atoms with Gasteiger partial charge >= 0.3 is 5.69 Å². The Kier molecular flexibility index (Phi) is 8.04. The van der Waals surface area contributed by atoms with Crippen LogP contribution < -0.4 is 9.47 Å². The Labute approximate surface area is 207 Å². The SMILES string of the molecule is COc1ccc(C(=O)/C=C/c2ccc(Oc3ccc(F)cc3)c([N+](=O)[O-])c2)cc1CN1CCOCC1. The van der Waals surface area contributed by atoms with Gasteiger partial charge in [-0.3, -0.25) is 19.8 Å². The standard InChI is InChI=1S/C27H25FN2O6/c1-34-26-11-4-20(17-21(26)18-29-12-14-35-15-13-29)25(31)9-2-19-3-10-27(24(16-19)30(32)33)36-23-7-5-22(28)6-8-23/h2-11,16-17H,12-15,18H2,1H3/b9-2+. The lowest BCUT2D eigenvalue weighted by molar-refractivity contribution is -0.385. The van der Waals surface area contributed by atoms with Crippen LogP contribution in [0.3, 0.4) is 0 Å². The number of hydrogen-bond donors (Lipinski definition) is 0. The molecule has 3 aromatic rings. The molecule has 0 radical (unpaired) electrons. The van der Waals surface area contributed by atoms with Crippen molar-refractivity contribution < 1.29 is 28.3 Å². The van der Waals surface area contributed by atoms with Crippen molar-refractivity contribution in [1.82, 2.24) is 4.90 Å². The molecule has 4 rings (SSSR count). The summed E-state index contributed by atoms with van der Waals surface area (Å²) in [6.07, 6.45) is 2.89. The monoisotopic (exact) mass is 492 g/mol. The number of ether oxygens (including phenoxy) is 3. The molecule has 0 amide bonds. The molecule has 186 valence electrons. The van der Waals surface area contributed by atoms with Crippen LogP contribution in [0.4, 0.5) is 10.1 Å². The maximum atomic E-state index is 13.1. The van der Waals surface area contributed by atoms with E-state index in [1.54, 1.807) is 25.3 Å². The summed E-state index contributed by atoms with van der Waals surface area (Å²) in [5.74, 6) is 0.306. The average molecular weight is 493 g/mol. The molecule has 0 bridgehead atoms. The molecule has 1 aliphatic heterocycles. The number of carbonyl (C=O) groups excluding carboxylic acids is 1. The molecule has 0 N–H and O–H groups in total. The van der Waals surface area contributed by atoms with Gasteiger partial charge in [0.05, 0.1) is 25.2 Å². The minimum atomic E-state index is -0.570. The van der Waals surface area contributed by atoms with Crippen molar-refractivity contribution in [2.24, 2.45) is 0 Å². The van der Waals surface area contributed by atoms with E-state index in [4.69, 9.17) is 14.2 Å². The Hall–Kier alpha value is -4.08. The second-order valence-electron chi connectivity index (χ2n) is 8.15. The quantitative estimate of drug-likeness (QED) is 0.174. The number of rotatable bonds is 9. The maximum absolute atomic E-state index is 13.1. The molecular weight excluding hydrogens is 467 g/mol. The van der Waals surface area contributed by atoms with E-state index in [9.17, 15) is 19.3 Å². The summed E-state index contributed by atoms with van der Waals surface area (Å²) in [5, 5.41) is 11.6. The third-order valence-corrected chi connectivity index (χ3v) is 5.71. The molecular formula is C27H25FN2O6. The maximum Gasteiger partial charge on any atom is 0.312 e. The lowest BCUT2D eigenvalue weighted by Gasteiger charge is -2.27. The van der Waals surface area contributed by atoms with E-state index in [2.05, 4.69) is 4.90 Å². The summed E-state index contributed by atoms with van der Waals surface area (Å²) in [6, 6.07) is 14.8. The van der Waals surface area contributed by atoms with E-state index < -0.39 is 10.7 Å². The van der Waals surface area contributed by atoms with E-state index in [0.717, 1.165) is 18.7 Å². The van der Waals surface area contributed by atoms with Crippen LogP contribution in [0.5, 0.6) is 17.2 Å². The van der Waals surface area contributed by atoms with Gasteiger partial charge in [-0.1, -0.05) is 12.1 Å². The molecule has 0 aromatic heterocycles. The van der Waals surface area contributed by atoms with Crippen molar-refractivity contribution in [2.45, 2.75) is 6.54 Å². The van der Waals surface area contributed by atoms with Crippen molar-refractivity contribution in [3.8, 4) is 17.2 Å². The van der Waals surface area contributed by atoms with Crippen molar-refractivity contribution >= 4 is 17.5 Å².